The van der Waals surface area contributed by atoms with E-state index in [0.29, 0.717) is 0 Å². The van der Waals surface area contributed by atoms with Crippen LogP contribution in [0, 0.1) is 0 Å². The summed E-state index contributed by atoms with van der Waals surface area (Å²) >= 11 is 0. The fourth-order valence-corrected chi connectivity index (χ4v) is 1.87. The number of hydrogen-bond donors (Lipinski definition) is 0. The summed E-state index contributed by atoms with van der Waals surface area (Å²) in [5.41, 5.74) is 5.65. The summed E-state index contributed by atoms with van der Waals surface area (Å²) in [6, 6.07) is 8.61. The van der Waals surface area contributed by atoms with Crippen molar-refractivity contribution >= 4 is 5.69 Å². The molecule has 2 rings (SSSR count). The molecule has 68 valence electrons. The lowest BCUT2D eigenvalue weighted by Crippen LogP contribution is -2.21. The first kappa shape index (κ1) is 8.36. The highest BCUT2D eigenvalue weighted by Gasteiger charge is 2.15. The molecule has 1 heterocycles. The van der Waals surface area contributed by atoms with E-state index in [2.05, 4.69) is 50.1 Å². The second-order valence-electron chi connectivity index (χ2n) is 3.73. The van der Waals surface area contributed by atoms with Crippen LogP contribution in [0.4, 0.5) is 5.69 Å². The van der Waals surface area contributed by atoms with Gasteiger partial charge in [-0.25, -0.2) is 0 Å². The van der Waals surface area contributed by atoms with E-state index in [1.165, 1.54) is 22.5 Å². The molecule has 0 radical (unpaired) electrons. The fraction of sp³-hybridized carbons (Fsp3) is 0.333. The molecule has 1 aromatic rings. The van der Waals surface area contributed by atoms with Gasteiger partial charge >= 0.3 is 0 Å². The lowest BCUT2D eigenvalue weighted by molar-refractivity contribution is 0.949. The third-order valence-corrected chi connectivity index (χ3v) is 2.93. The smallest absolute Gasteiger partial charge is 0.0441 e. The predicted molar refractivity (Wildman–Crippen MR) is 56.9 cm³/mol. The molecule has 1 heteroatoms. The van der Waals surface area contributed by atoms with Gasteiger partial charge in [-0.3, -0.25) is 0 Å². The number of rotatable bonds is 0. The highest BCUT2D eigenvalue weighted by Crippen LogP contribution is 2.30. The van der Waals surface area contributed by atoms with Crippen LogP contribution in [0.5, 0.6) is 0 Å². The normalized spacial score (nSPS) is 16.1. The number of anilines is 1. The Hall–Kier alpha value is -1.24. The Morgan fingerprint density at radius 3 is 2.62 bits per heavy atom. The van der Waals surface area contributed by atoms with Crippen LogP contribution in [0.3, 0.4) is 0 Å². The van der Waals surface area contributed by atoms with Crippen molar-refractivity contribution in [3.8, 4) is 0 Å². The number of para-hydroxylation sites is 1. The van der Waals surface area contributed by atoms with Gasteiger partial charge in [0.1, 0.15) is 0 Å². The summed E-state index contributed by atoms with van der Waals surface area (Å²) in [6.07, 6.45) is 1.10. The van der Waals surface area contributed by atoms with Crippen LogP contribution in [0.15, 0.2) is 35.5 Å². The zero-order chi connectivity index (χ0) is 9.42. The van der Waals surface area contributed by atoms with Gasteiger partial charge in [-0.1, -0.05) is 18.2 Å². The van der Waals surface area contributed by atoms with Gasteiger partial charge in [0, 0.05) is 18.4 Å². The van der Waals surface area contributed by atoms with Crippen molar-refractivity contribution in [3.63, 3.8) is 0 Å². The summed E-state index contributed by atoms with van der Waals surface area (Å²) in [4.78, 5) is 2.27. The SMILES string of the molecule is CC1=C(C)N(C)c2ccccc2C1. The Kier molecular flexibility index (Phi) is 1.87. The zero-order valence-electron chi connectivity index (χ0n) is 8.46. The molecule has 0 bridgehead atoms. The van der Waals surface area contributed by atoms with Gasteiger partial charge in [0.2, 0.25) is 0 Å². The average Bonchev–Trinajstić information content (AvgIpc) is 2.15. The summed E-state index contributed by atoms with van der Waals surface area (Å²) in [6.45, 7) is 4.40. The van der Waals surface area contributed by atoms with Crippen LogP contribution >= 0.6 is 0 Å². The summed E-state index contributed by atoms with van der Waals surface area (Å²) < 4.78 is 0. The standard InChI is InChI=1S/C12H15N/c1-9-8-11-6-4-5-7-12(11)13(3)10(9)2/h4-7H,8H2,1-3H3. The van der Waals surface area contributed by atoms with E-state index >= 15 is 0 Å². The van der Waals surface area contributed by atoms with Crippen molar-refractivity contribution in [1.82, 2.24) is 0 Å². The Morgan fingerprint density at radius 2 is 1.85 bits per heavy atom. The number of nitrogens with zero attached hydrogens (tertiary/aromatic N) is 1. The van der Waals surface area contributed by atoms with Crippen LogP contribution in [0.25, 0.3) is 0 Å². The largest absolute Gasteiger partial charge is 0.348 e. The minimum Gasteiger partial charge on any atom is -0.348 e. The number of hydrogen-bond acceptors (Lipinski definition) is 1. The van der Waals surface area contributed by atoms with Gasteiger partial charge in [0.25, 0.3) is 0 Å². The molecule has 0 spiro atoms. The van der Waals surface area contributed by atoms with E-state index in [1.54, 1.807) is 0 Å². The topological polar surface area (TPSA) is 3.24 Å². The molecule has 1 aromatic carbocycles. The first-order valence-corrected chi connectivity index (χ1v) is 4.68. The Balaban J connectivity index is 2.52. The van der Waals surface area contributed by atoms with Crippen LogP contribution in [-0.4, -0.2) is 7.05 Å². The molecule has 1 aliphatic heterocycles. The van der Waals surface area contributed by atoms with E-state index < -0.39 is 0 Å². The molecule has 0 saturated heterocycles. The monoisotopic (exact) mass is 173 g/mol. The molecule has 0 amide bonds. The number of benzene rings is 1. The fourth-order valence-electron chi connectivity index (χ4n) is 1.87. The van der Waals surface area contributed by atoms with Crippen molar-refractivity contribution in [2.75, 3.05) is 11.9 Å². The van der Waals surface area contributed by atoms with Gasteiger partial charge in [0.05, 0.1) is 0 Å². The molecular weight excluding hydrogens is 158 g/mol. The highest BCUT2D eigenvalue weighted by atomic mass is 15.1. The maximum absolute atomic E-state index is 2.27. The van der Waals surface area contributed by atoms with E-state index in [9.17, 15) is 0 Å². The van der Waals surface area contributed by atoms with Crippen molar-refractivity contribution < 1.29 is 0 Å². The average molecular weight is 173 g/mol. The molecule has 0 fully saturated rings. The highest BCUT2D eigenvalue weighted by molar-refractivity contribution is 5.61. The molecular formula is C12H15N. The van der Waals surface area contributed by atoms with Gasteiger partial charge in [-0.2, -0.15) is 0 Å². The van der Waals surface area contributed by atoms with E-state index in [4.69, 9.17) is 0 Å². The minimum absolute atomic E-state index is 1.10. The lowest BCUT2D eigenvalue weighted by atomic mass is 9.98. The second-order valence-corrected chi connectivity index (χ2v) is 3.73. The molecule has 1 nitrogen and oxygen atoms in total. The van der Waals surface area contributed by atoms with Crippen molar-refractivity contribution in [3.05, 3.63) is 41.1 Å². The van der Waals surface area contributed by atoms with Crippen molar-refractivity contribution in [1.29, 1.82) is 0 Å². The number of allylic oxidation sites excluding steroid dienone is 2. The maximum Gasteiger partial charge on any atom is 0.0441 e. The molecule has 0 saturated carbocycles. The van der Waals surface area contributed by atoms with Crippen molar-refractivity contribution in [2.24, 2.45) is 0 Å². The molecule has 0 aromatic heterocycles. The Morgan fingerprint density at radius 1 is 1.15 bits per heavy atom. The van der Waals surface area contributed by atoms with Gasteiger partial charge < -0.3 is 4.90 Å². The Labute approximate surface area is 79.7 Å². The first-order chi connectivity index (χ1) is 6.20. The number of fused-ring (bicyclic) bond motifs is 1. The minimum atomic E-state index is 1.10. The van der Waals surface area contributed by atoms with Gasteiger partial charge in [0.15, 0.2) is 0 Å². The van der Waals surface area contributed by atoms with Crippen LogP contribution < -0.4 is 4.90 Å². The third kappa shape index (κ3) is 1.24. The van der Waals surface area contributed by atoms with E-state index in [-0.39, 0.29) is 0 Å². The summed E-state index contributed by atoms with van der Waals surface area (Å²) in [7, 11) is 2.14. The molecule has 13 heavy (non-hydrogen) atoms. The summed E-state index contributed by atoms with van der Waals surface area (Å²) in [5.74, 6) is 0. The third-order valence-electron chi connectivity index (χ3n) is 2.93. The van der Waals surface area contributed by atoms with Crippen LogP contribution in [0.2, 0.25) is 0 Å². The zero-order valence-corrected chi connectivity index (χ0v) is 8.46. The first-order valence-electron chi connectivity index (χ1n) is 4.68. The van der Waals surface area contributed by atoms with Crippen LogP contribution in [0.1, 0.15) is 19.4 Å². The second kappa shape index (κ2) is 2.91. The van der Waals surface area contributed by atoms with Gasteiger partial charge in [-0.05, 0) is 37.5 Å². The predicted octanol–water partition coefficient (Wildman–Crippen LogP) is 2.97. The van der Waals surface area contributed by atoms with Crippen LogP contribution in [-0.2, 0) is 6.42 Å². The summed E-state index contributed by atoms with van der Waals surface area (Å²) in [5, 5.41) is 0. The van der Waals surface area contributed by atoms with Crippen molar-refractivity contribution in [2.45, 2.75) is 20.3 Å². The van der Waals surface area contributed by atoms with Gasteiger partial charge in [-0.15, -0.1) is 0 Å². The molecule has 0 unspecified atom stereocenters. The quantitative estimate of drug-likeness (QED) is 0.583. The molecule has 0 N–H and O–H groups in total. The van der Waals surface area contributed by atoms with E-state index in [1.807, 2.05) is 0 Å². The van der Waals surface area contributed by atoms with E-state index in [0.717, 1.165) is 6.42 Å². The molecule has 1 aliphatic rings. The molecule has 0 atom stereocenters. The lowest BCUT2D eigenvalue weighted by Gasteiger charge is -2.29. The Bertz CT molecular complexity index is 363. The molecule has 0 aliphatic carbocycles. The maximum atomic E-state index is 2.27.